The number of carbonyl (C=O) groups is 5. The number of hydrogen-bond acceptors (Lipinski definition) is 8. The van der Waals surface area contributed by atoms with Gasteiger partial charge in [0.25, 0.3) is 0 Å². The second-order valence-corrected chi connectivity index (χ2v) is 8.65. The number of hydrogen-bond donors (Lipinski definition) is 8. The number of aromatic amines is 1. The van der Waals surface area contributed by atoms with Crippen molar-refractivity contribution in [3.8, 4) is 0 Å². The van der Waals surface area contributed by atoms with E-state index in [-0.39, 0.29) is 31.4 Å². The van der Waals surface area contributed by atoms with Gasteiger partial charge in [-0.2, -0.15) is 12.6 Å². The maximum absolute atomic E-state index is 13.1. The van der Waals surface area contributed by atoms with Gasteiger partial charge in [-0.1, -0.05) is 30.3 Å². The van der Waals surface area contributed by atoms with Crippen LogP contribution in [0.25, 0.3) is 0 Å². The zero-order chi connectivity index (χ0) is 27.4. The standard InChI is InChI=1S/C23H31N7O6S/c24-15(6-7-19(25)31)20(32)28-16(8-13-4-2-1-3-5-13)21(33)30-18(11-37)22(34)29-17(23(35)36)9-14-10-26-12-27-14/h1-5,10,12,15-18,37H,6-9,11,24H2,(H2,25,31)(H,26,27)(H,28,32)(H,29,34)(H,30,33)(H,35,36). The lowest BCUT2D eigenvalue weighted by Crippen LogP contribution is -2.58. The van der Waals surface area contributed by atoms with Gasteiger partial charge in [-0.15, -0.1) is 0 Å². The minimum absolute atomic E-state index is 0.00454. The van der Waals surface area contributed by atoms with Crippen molar-refractivity contribution in [2.45, 2.75) is 49.9 Å². The number of carbonyl (C=O) groups excluding carboxylic acids is 4. The molecule has 1 aromatic heterocycles. The van der Waals surface area contributed by atoms with Crippen LogP contribution in [0.1, 0.15) is 24.1 Å². The molecule has 0 fully saturated rings. The maximum atomic E-state index is 13.1. The van der Waals surface area contributed by atoms with Crippen LogP contribution in [-0.2, 0) is 36.8 Å². The second-order valence-electron chi connectivity index (χ2n) is 8.29. The van der Waals surface area contributed by atoms with Crippen molar-refractivity contribution in [3.63, 3.8) is 0 Å². The SMILES string of the molecule is NC(=O)CCC(N)C(=O)NC(Cc1ccccc1)C(=O)NC(CS)C(=O)NC(Cc1cnc[nH]1)C(=O)O. The topological polar surface area (TPSA) is 222 Å². The lowest BCUT2D eigenvalue weighted by Gasteiger charge is -2.24. The second kappa shape index (κ2) is 14.6. The van der Waals surface area contributed by atoms with Crippen molar-refractivity contribution in [3.05, 3.63) is 54.1 Å². The molecule has 2 aromatic rings. The van der Waals surface area contributed by atoms with Gasteiger partial charge in [-0.05, 0) is 12.0 Å². The maximum Gasteiger partial charge on any atom is 0.326 e. The molecule has 1 aromatic carbocycles. The van der Waals surface area contributed by atoms with E-state index in [1.165, 1.54) is 12.5 Å². The number of nitrogens with two attached hydrogens (primary N) is 2. The Hall–Kier alpha value is -3.91. The largest absolute Gasteiger partial charge is 0.480 e. The normalized spacial score (nSPS) is 14.0. The number of imidazole rings is 1. The summed E-state index contributed by atoms with van der Waals surface area (Å²) in [4.78, 5) is 67.8. The molecular weight excluding hydrogens is 502 g/mol. The Morgan fingerprint density at radius 1 is 0.946 bits per heavy atom. The number of nitrogens with one attached hydrogen (secondary N) is 4. The van der Waals surface area contributed by atoms with Crippen LogP contribution < -0.4 is 27.4 Å². The first-order valence-corrected chi connectivity index (χ1v) is 12.0. The molecule has 37 heavy (non-hydrogen) atoms. The highest BCUT2D eigenvalue weighted by molar-refractivity contribution is 7.80. The van der Waals surface area contributed by atoms with Crippen LogP contribution in [0.15, 0.2) is 42.9 Å². The van der Waals surface area contributed by atoms with E-state index in [0.29, 0.717) is 5.69 Å². The molecule has 2 rings (SSSR count). The molecular formula is C23H31N7O6S. The quantitative estimate of drug-likeness (QED) is 0.122. The molecule has 200 valence electrons. The Kier molecular flexibility index (Phi) is 11.6. The van der Waals surface area contributed by atoms with E-state index >= 15 is 0 Å². The van der Waals surface area contributed by atoms with Gasteiger partial charge in [0, 0.05) is 36.9 Å². The van der Waals surface area contributed by atoms with Gasteiger partial charge >= 0.3 is 5.97 Å². The van der Waals surface area contributed by atoms with E-state index in [4.69, 9.17) is 11.5 Å². The minimum atomic E-state index is -1.28. The third-order valence-corrected chi connectivity index (χ3v) is 5.73. The van der Waals surface area contributed by atoms with Crippen LogP contribution in [0.5, 0.6) is 0 Å². The highest BCUT2D eigenvalue weighted by atomic mass is 32.1. The van der Waals surface area contributed by atoms with Gasteiger partial charge < -0.3 is 37.5 Å². The third kappa shape index (κ3) is 9.93. The highest BCUT2D eigenvalue weighted by Crippen LogP contribution is 2.06. The number of aromatic nitrogens is 2. The predicted octanol–water partition coefficient (Wildman–Crippen LogP) is -1.74. The molecule has 14 heteroatoms. The van der Waals surface area contributed by atoms with E-state index in [0.717, 1.165) is 5.56 Å². The van der Waals surface area contributed by atoms with E-state index < -0.39 is 53.8 Å². The molecule has 4 amide bonds. The third-order valence-electron chi connectivity index (χ3n) is 5.36. The zero-order valence-electron chi connectivity index (χ0n) is 19.9. The summed E-state index contributed by atoms with van der Waals surface area (Å²) in [6, 6.07) is 4.16. The highest BCUT2D eigenvalue weighted by Gasteiger charge is 2.30. The van der Waals surface area contributed by atoms with Crippen LogP contribution in [-0.4, -0.2) is 74.6 Å². The minimum Gasteiger partial charge on any atom is -0.480 e. The van der Waals surface area contributed by atoms with Crippen molar-refractivity contribution < 1.29 is 29.1 Å². The Balaban J connectivity index is 2.11. The van der Waals surface area contributed by atoms with Crippen LogP contribution >= 0.6 is 12.6 Å². The molecule has 0 saturated heterocycles. The molecule has 0 bridgehead atoms. The number of carboxylic acids is 1. The lowest BCUT2D eigenvalue weighted by molar-refractivity contribution is -0.142. The van der Waals surface area contributed by atoms with Crippen molar-refractivity contribution in [2.75, 3.05) is 5.75 Å². The van der Waals surface area contributed by atoms with Crippen LogP contribution in [0.3, 0.4) is 0 Å². The molecule has 0 aliphatic carbocycles. The Bertz CT molecular complexity index is 1070. The lowest BCUT2D eigenvalue weighted by atomic mass is 10.0. The fourth-order valence-corrected chi connectivity index (χ4v) is 3.58. The van der Waals surface area contributed by atoms with Crippen LogP contribution in [0, 0.1) is 0 Å². The zero-order valence-corrected chi connectivity index (χ0v) is 20.8. The molecule has 0 spiro atoms. The first kappa shape index (κ1) is 29.3. The summed E-state index contributed by atoms with van der Waals surface area (Å²) in [5.74, 6) is -4.16. The molecule has 9 N–H and O–H groups in total. The number of thiol groups is 1. The first-order chi connectivity index (χ1) is 17.6. The van der Waals surface area contributed by atoms with Crippen molar-refractivity contribution >= 4 is 42.2 Å². The Labute approximate surface area is 218 Å². The monoisotopic (exact) mass is 533 g/mol. The molecule has 0 aliphatic heterocycles. The summed E-state index contributed by atoms with van der Waals surface area (Å²) in [5.41, 5.74) is 12.2. The molecule has 0 radical (unpaired) electrons. The number of amides is 4. The van der Waals surface area contributed by atoms with Gasteiger partial charge in [-0.25, -0.2) is 9.78 Å². The van der Waals surface area contributed by atoms with Crippen LogP contribution in [0.2, 0.25) is 0 Å². The van der Waals surface area contributed by atoms with Crippen molar-refractivity contribution in [2.24, 2.45) is 11.5 Å². The fraction of sp³-hybridized carbons (Fsp3) is 0.391. The molecule has 0 aliphatic rings. The van der Waals surface area contributed by atoms with Gasteiger partial charge in [0.1, 0.15) is 18.1 Å². The molecule has 1 heterocycles. The van der Waals surface area contributed by atoms with Crippen molar-refractivity contribution in [1.82, 2.24) is 25.9 Å². The number of nitrogens with zero attached hydrogens (tertiary/aromatic N) is 1. The summed E-state index contributed by atoms with van der Waals surface area (Å²) in [7, 11) is 0. The summed E-state index contributed by atoms with van der Waals surface area (Å²) in [6.45, 7) is 0. The number of aliphatic carboxylic acids is 1. The average Bonchev–Trinajstić information content (AvgIpc) is 3.38. The van der Waals surface area contributed by atoms with E-state index in [1.807, 2.05) is 0 Å². The summed E-state index contributed by atoms with van der Waals surface area (Å²) >= 11 is 4.12. The number of carboxylic acid groups (broad SMARTS) is 1. The van der Waals surface area contributed by atoms with E-state index in [1.54, 1.807) is 30.3 Å². The number of primary amides is 1. The molecule has 4 atom stereocenters. The smallest absolute Gasteiger partial charge is 0.326 e. The fourth-order valence-electron chi connectivity index (χ4n) is 3.32. The summed E-state index contributed by atoms with van der Waals surface area (Å²) < 4.78 is 0. The number of H-pyrrole nitrogens is 1. The van der Waals surface area contributed by atoms with E-state index in [9.17, 15) is 29.1 Å². The van der Waals surface area contributed by atoms with Gasteiger partial charge in [0.15, 0.2) is 0 Å². The van der Waals surface area contributed by atoms with Crippen molar-refractivity contribution in [1.29, 1.82) is 0 Å². The predicted molar refractivity (Wildman–Crippen MR) is 136 cm³/mol. The Morgan fingerprint density at radius 2 is 1.57 bits per heavy atom. The van der Waals surface area contributed by atoms with Gasteiger partial charge in [-0.3, -0.25) is 19.2 Å². The number of rotatable bonds is 15. The molecule has 13 nitrogen and oxygen atoms in total. The average molecular weight is 534 g/mol. The van der Waals surface area contributed by atoms with E-state index in [2.05, 4.69) is 38.5 Å². The van der Waals surface area contributed by atoms with Crippen LogP contribution in [0.4, 0.5) is 0 Å². The summed E-state index contributed by atoms with van der Waals surface area (Å²) in [5, 5.41) is 17.0. The molecule has 0 saturated carbocycles. The first-order valence-electron chi connectivity index (χ1n) is 11.4. The van der Waals surface area contributed by atoms with Gasteiger partial charge in [0.2, 0.25) is 23.6 Å². The summed E-state index contributed by atoms with van der Waals surface area (Å²) in [6.07, 6.45) is 2.74. The molecule has 4 unspecified atom stereocenters. The Morgan fingerprint density at radius 3 is 2.14 bits per heavy atom. The number of benzene rings is 1. The van der Waals surface area contributed by atoms with Gasteiger partial charge in [0.05, 0.1) is 12.4 Å².